The third-order valence-electron chi connectivity index (χ3n) is 15.8. The van der Waals surface area contributed by atoms with Crippen LogP contribution in [0.25, 0.3) is 77.6 Å². The summed E-state index contributed by atoms with van der Waals surface area (Å²) in [5.74, 6) is 0. The van der Waals surface area contributed by atoms with E-state index in [9.17, 15) is 0 Å². The Kier molecular flexibility index (Phi) is 9.50. The first kappa shape index (κ1) is 41.9. The van der Waals surface area contributed by atoms with Crippen LogP contribution in [0.2, 0.25) is 0 Å². The van der Waals surface area contributed by atoms with Crippen molar-refractivity contribution in [3.05, 3.63) is 294 Å². The zero-order valence-corrected chi connectivity index (χ0v) is 40.2. The van der Waals surface area contributed by atoms with Crippen LogP contribution in [0.3, 0.4) is 0 Å². The summed E-state index contributed by atoms with van der Waals surface area (Å²) in [6.45, 7) is 4.71. The number of furan rings is 1. The van der Waals surface area contributed by atoms with Gasteiger partial charge >= 0.3 is 0 Å². The fourth-order valence-corrected chi connectivity index (χ4v) is 12.4. The smallest absolute Gasteiger partial charge is 0.143 e. The van der Waals surface area contributed by atoms with Crippen LogP contribution in [-0.2, 0) is 10.8 Å². The molecule has 11 aromatic carbocycles. The quantitative estimate of drug-likeness (QED) is 0.151. The van der Waals surface area contributed by atoms with Crippen molar-refractivity contribution in [1.82, 2.24) is 0 Å². The number of hydrogen-bond donors (Lipinski definition) is 0. The summed E-state index contributed by atoms with van der Waals surface area (Å²) in [7, 11) is 0. The lowest BCUT2D eigenvalue weighted by atomic mass is 9.67. The van der Waals surface area contributed by atoms with Crippen LogP contribution >= 0.6 is 0 Å². The molecule has 14 rings (SSSR count). The van der Waals surface area contributed by atoms with Gasteiger partial charge in [0.05, 0.1) is 5.41 Å². The molecule has 0 saturated carbocycles. The maximum Gasteiger partial charge on any atom is 0.143 e. The Morgan fingerprint density at radius 3 is 1.56 bits per heavy atom. The Morgan fingerprint density at radius 2 is 0.819 bits per heavy atom. The molecule has 0 aliphatic heterocycles. The van der Waals surface area contributed by atoms with E-state index < -0.39 is 5.41 Å². The Bertz CT molecular complexity index is 4010. The summed E-state index contributed by atoms with van der Waals surface area (Å²) >= 11 is 0. The van der Waals surface area contributed by atoms with Crippen LogP contribution in [0.1, 0.15) is 47.2 Å². The summed E-state index contributed by atoms with van der Waals surface area (Å²) in [4.78, 5) is 2.41. The third-order valence-corrected chi connectivity index (χ3v) is 15.8. The molecular weight excluding hydrogens is 871 g/mol. The molecule has 0 amide bonds. The van der Waals surface area contributed by atoms with E-state index in [4.69, 9.17) is 4.42 Å². The first-order valence-electron chi connectivity index (χ1n) is 25.1. The minimum absolute atomic E-state index is 0.137. The summed E-state index contributed by atoms with van der Waals surface area (Å²) in [6, 6.07) is 95.9. The van der Waals surface area contributed by atoms with E-state index in [1.165, 1.54) is 72.3 Å². The van der Waals surface area contributed by atoms with Gasteiger partial charge in [0, 0.05) is 38.8 Å². The van der Waals surface area contributed by atoms with Gasteiger partial charge in [-0.2, -0.15) is 0 Å². The number of hydrogen-bond acceptors (Lipinski definition) is 2. The van der Waals surface area contributed by atoms with Gasteiger partial charge in [-0.1, -0.05) is 226 Å². The standard InChI is InChI=1S/C70H49NO/c1-69(2)63-28-12-9-23-57(63)59-41-40-55(45-66(59)69)71(53-38-35-48(36-39-53)56-26-16-27-61-60-25-11-14-30-67(60)72-68(56)61)54-22-15-17-49(43-54)46-31-33-47(34-32-46)50-37-42-65-62(44-50)58-24-10-13-29-64(58)70(65,51-18-5-3-6-19-51)52-20-7-4-8-21-52/h3-45H,1-2H3. The maximum absolute atomic E-state index is 6.49. The number of fused-ring (bicyclic) bond motifs is 9. The van der Waals surface area contributed by atoms with Crippen LogP contribution in [0.4, 0.5) is 17.1 Å². The van der Waals surface area contributed by atoms with Crippen molar-refractivity contribution >= 4 is 39.0 Å². The molecule has 0 spiro atoms. The second-order valence-corrected chi connectivity index (χ2v) is 20.0. The SMILES string of the molecule is CC1(C)c2ccccc2-c2ccc(N(c3ccc(-c4cccc5c4oc4ccccc45)cc3)c3cccc(-c4ccc(-c5ccc6c(c5)-c5ccccc5C6(c5ccccc5)c5ccccc5)cc4)c3)cc21. The van der Waals surface area contributed by atoms with Gasteiger partial charge in [-0.15, -0.1) is 0 Å². The van der Waals surface area contributed by atoms with Gasteiger partial charge in [-0.3, -0.25) is 0 Å². The molecule has 0 bridgehead atoms. The van der Waals surface area contributed by atoms with E-state index in [1.54, 1.807) is 0 Å². The van der Waals surface area contributed by atoms with Crippen LogP contribution < -0.4 is 4.90 Å². The Labute approximate surface area is 420 Å². The zero-order valence-electron chi connectivity index (χ0n) is 40.2. The molecule has 2 nitrogen and oxygen atoms in total. The number of benzene rings is 11. The van der Waals surface area contributed by atoms with E-state index in [2.05, 4.69) is 267 Å². The van der Waals surface area contributed by atoms with E-state index in [-0.39, 0.29) is 5.41 Å². The summed E-state index contributed by atoms with van der Waals surface area (Å²) in [6.07, 6.45) is 0. The van der Waals surface area contributed by atoms with Crippen molar-refractivity contribution in [2.45, 2.75) is 24.7 Å². The Morgan fingerprint density at radius 1 is 0.306 bits per heavy atom. The lowest BCUT2D eigenvalue weighted by Gasteiger charge is -2.33. The highest BCUT2D eigenvalue weighted by Crippen LogP contribution is 2.57. The zero-order chi connectivity index (χ0) is 48.0. The van der Waals surface area contributed by atoms with E-state index in [1.807, 2.05) is 12.1 Å². The van der Waals surface area contributed by atoms with Gasteiger partial charge in [-0.05, 0) is 132 Å². The fourth-order valence-electron chi connectivity index (χ4n) is 12.4. The van der Waals surface area contributed by atoms with Crippen molar-refractivity contribution < 1.29 is 4.42 Å². The third kappa shape index (κ3) is 6.35. The molecule has 2 aliphatic carbocycles. The summed E-state index contributed by atoms with van der Waals surface area (Å²) < 4.78 is 6.49. The fraction of sp³-hybridized carbons (Fsp3) is 0.0571. The number of anilines is 3. The first-order chi connectivity index (χ1) is 35.4. The van der Waals surface area contributed by atoms with Crippen molar-refractivity contribution in [2.75, 3.05) is 4.90 Å². The predicted molar refractivity (Wildman–Crippen MR) is 300 cm³/mol. The first-order valence-corrected chi connectivity index (χ1v) is 25.1. The van der Waals surface area contributed by atoms with Crippen molar-refractivity contribution in [2.24, 2.45) is 0 Å². The molecule has 0 fully saturated rings. The van der Waals surface area contributed by atoms with E-state index >= 15 is 0 Å². The summed E-state index contributed by atoms with van der Waals surface area (Å²) in [5.41, 5.74) is 24.6. The highest BCUT2D eigenvalue weighted by molar-refractivity contribution is 6.09. The van der Waals surface area contributed by atoms with Gasteiger partial charge in [0.25, 0.3) is 0 Å². The Hall–Kier alpha value is -8.98. The number of nitrogens with zero attached hydrogens (tertiary/aromatic N) is 1. The molecule has 340 valence electrons. The molecule has 72 heavy (non-hydrogen) atoms. The van der Waals surface area contributed by atoms with Crippen LogP contribution in [0, 0.1) is 0 Å². The molecule has 2 aliphatic rings. The topological polar surface area (TPSA) is 16.4 Å². The molecule has 1 aromatic heterocycles. The number of rotatable bonds is 8. The highest BCUT2D eigenvalue weighted by atomic mass is 16.3. The van der Waals surface area contributed by atoms with Gasteiger partial charge in [0.1, 0.15) is 11.2 Å². The normalized spacial score (nSPS) is 13.6. The minimum atomic E-state index is -0.414. The van der Waals surface area contributed by atoms with Gasteiger partial charge < -0.3 is 9.32 Å². The molecule has 2 heteroatoms. The lowest BCUT2D eigenvalue weighted by Crippen LogP contribution is -2.28. The predicted octanol–water partition coefficient (Wildman–Crippen LogP) is 18.7. The molecule has 1 heterocycles. The van der Waals surface area contributed by atoms with Crippen molar-refractivity contribution in [3.63, 3.8) is 0 Å². The molecule has 0 saturated heterocycles. The molecule has 12 aromatic rings. The van der Waals surface area contributed by atoms with E-state index in [0.717, 1.165) is 55.7 Å². The molecule has 0 unspecified atom stereocenters. The Balaban J connectivity index is 0.841. The van der Waals surface area contributed by atoms with Gasteiger partial charge in [0.2, 0.25) is 0 Å². The summed E-state index contributed by atoms with van der Waals surface area (Å²) in [5, 5.41) is 2.27. The largest absolute Gasteiger partial charge is 0.455 e. The van der Waals surface area contributed by atoms with Crippen LogP contribution in [0.5, 0.6) is 0 Å². The number of para-hydroxylation sites is 2. The molecular formula is C70H49NO. The molecule has 0 N–H and O–H groups in total. The van der Waals surface area contributed by atoms with Gasteiger partial charge in [0.15, 0.2) is 0 Å². The lowest BCUT2D eigenvalue weighted by molar-refractivity contribution is 0.660. The molecule has 0 atom stereocenters. The van der Waals surface area contributed by atoms with Crippen molar-refractivity contribution in [3.8, 4) is 55.6 Å². The second kappa shape index (κ2) is 16.3. The maximum atomic E-state index is 6.49. The average Bonchev–Trinajstić information content (AvgIpc) is 4.05. The van der Waals surface area contributed by atoms with E-state index in [0.29, 0.717) is 0 Å². The molecule has 0 radical (unpaired) electrons. The monoisotopic (exact) mass is 919 g/mol. The average molecular weight is 920 g/mol. The van der Waals surface area contributed by atoms with Gasteiger partial charge in [-0.25, -0.2) is 0 Å². The van der Waals surface area contributed by atoms with Crippen LogP contribution in [0.15, 0.2) is 265 Å². The van der Waals surface area contributed by atoms with Crippen LogP contribution in [-0.4, -0.2) is 0 Å². The highest BCUT2D eigenvalue weighted by Gasteiger charge is 2.46. The minimum Gasteiger partial charge on any atom is -0.455 e. The van der Waals surface area contributed by atoms with Crippen molar-refractivity contribution in [1.29, 1.82) is 0 Å². The second-order valence-electron chi connectivity index (χ2n) is 20.0.